The van der Waals surface area contributed by atoms with Gasteiger partial charge in [0, 0.05) is 18.9 Å². The Labute approximate surface area is 161 Å². The minimum atomic E-state index is 0.0476. The second kappa shape index (κ2) is 9.46. The van der Waals surface area contributed by atoms with Crippen LogP contribution in [0, 0.1) is 0 Å². The molecule has 6 nitrogen and oxygen atoms in total. The van der Waals surface area contributed by atoms with E-state index in [4.69, 9.17) is 9.47 Å². The first kappa shape index (κ1) is 19.3. The van der Waals surface area contributed by atoms with Gasteiger partial charge in [-0.2, -0.15) is 0 Å². The Kier molecular flexibility index (Phi) is 6.76. The molecule has 2 aromatic rings. The second-order valence-corrected chi connectivity index (χ2v) is 6.78. The van der Waals surface area contributed by atoms with Gasteiger partial charge in [-0.05, 0) is 62.7 Å². The molecule has 0 radical (unpaired) electrons. The Morgan fingerprint density at radius 2 is 1.93 bits per heavy atom. The molecule has 2 heterocycles. The fourth-order valence-electron chi connectivity index (χ4n) is 3.57. The van der Waals surface area contributed by atoms with E-state index in [1.165, 1.54) is 5.69 Å². The van der Waals surface area contributed by atoms with Crippen LogP contribution in [0.3, 0.4) is 0 Å². The molecule has 0 spiro atoms. The molecule has 1 amide bonds. The largest absolute Gasteiger partial charge is 0.494 e. The Bertz CT molecular complexity index is 727. The second-order valence-electron chi connectivity index (χ2n) is 6.78. The number of ether oxygens (including phenoxy) is 2. The van der Waals surface area contributed by atoms with E-state index in [2.05, 4.69) is 40.2 Å². The fourth-order valence-corrected chi connectivity index (χ4v) is 3.57. The number of rotatable bonds is 9. The molecule has 1 aliphatic heterocycles. The smallest absolute Gasteiger partial charge is 0.234 e. The van der Waals surface area contributed by atoms with Crippen LogP contribution >= 0.6 is 0 Å². The average molecular weight is 371 g/mol. The lowest BCUT2D eigenvalue weighted by molar-refractivity contribution is -0.122. The lowest BCUT2D eigenvalue weighted by Gasteiger charge is -2.24. The number of carbonyl (C=O) groups excluding carboxylic acids is 1. The molecule has 1 aromatic carbocycles. The van der Waals surface area contributed by atoms with Gasteiger partial charge in [-0.1, -0.05) is 0 Å². The van der Waals surface area contributed by atoms with Gasteiger partial charge in [0.15, 0.2) is 0 Å². The van der Waals surface area contributed by atoms with E-state index in [0.29, 0.717) is 32.3 Å². The molecule has 1 N–H and O–H groups in total. The summed E-state index contributed by atoms with van der Waals surface area (Å²) in [5.74, 6) is 1.65. The van der Waals surface area contributed by atoms with Crippen LogP contribution in [0.1, 0.15) is 31.5 Å². The van der Waals surface area contributed by atoms with Crippen LogP contribution in [0.5, 0.6) is 11.5 Å². The van der Waals surface area contributed by atoms with Crippen molar-refractivity contribution < 1.29 is 14.3 Å². The van der Waals surface area contributed by atoms with E-state index in [-0.39, 0.29) is 5.91 Å². The number of carbonyl (C=O) groups is 1. The number of nitrogens with zero attached hydrogens (tertiary/aromatic N) is 2. The van der Waals surface area contributed by atoms with Crippen molar-refractivity contribution in [2.45, 2.75) is 25.8 Å². The summed E-state index contributed by atoms with van der Waals surface area (Å²) in [5.41, 5.74) is 1.28. The van der Waals surface area contributed by atoms with E-state index in [1.54, 1.807) is 0 Å². The van der Waals surface area contributed by atoms with Gasteiger partial charge in [-0.3, -0.25) is 9.69 Å². The monoisotopic (exact) mass is 371 g/mol. The van der Waals surface area contributed by atoms with Crippen LogP contribution in [-0.2, 0) is 11.8 Å². The van der Waals surface area contributed by atoms with Gasteiger partial charge in [0.2, 0.25) is 5.91 Å². The van der Waals surface area contributed by atoms with Crippen LogP contribution in [-0.4, -0.2) is 48.2 Å². The quantitative estimate of drug-likeness (QED) is 0.689. The third-order valence-electron chi connectivity index (χ3n) is 4.86. The summed E-state index contributed by atoms with van der Waals surface area (Å²) in [6.45, 7) is 4.94. The molecular weight excluding hydrogens is 342 g/mol. The SMILES string of the molecule is CCOc1ccc(OCCNC(=O)CN2CCC[C@H]2c2cccn2C)cc1. The summed E-state index contributed by atoms with van der Waals surface area (Å²) < 4.78 is 13.2. The molecular formula is C21H29N3O3. The summed E-state index contributed by atoms with van der Waals surface area (Å²) in [7, 11) is 2.06. The first-order valence-electron chi connectivity index (χ1n) is 9.65. The fraction of sp³-hybridized carbons (Fsp3) is 0.476. The molecule has 0 unspecified atom stereocenters. The molecule has 0 aliphatic carbocycles. The third-order valence-corrected chi connectivity index (χ3v) is 4.86. The minimum Gasteiger partial charge on any atom is -0.494 e. The molecule has 1 saturated heterocycles. The highest BCUT2D eigenvalue weighted by molar-refractivity contribution is 5.78. The van der Waals surface area contributed by atoms with Gasteiger partial charge in [0.1, 0.15) is 18.1 Å². The Balaban J connectivity index is 1.39. The molecule has 146 valence electrons. The summed E-state index contributed by atoms with van der Waals surface area (Å²) in [5, 5.41) is 2.95. The lowest BCUT2D eigenvalue weighted by atomic mass is 10.1. The number of nitrogens with one attached hydrogen (secondary N) is 1. The van der Waals surface area contributed by atoms with E-state index >= 15 is 0 Å². The number of benzene rings is 1. The van der Waals surface area contributed by atoms with Crippen molar-refractivity contribution in [1.29, 1.82) is 0 Å². The molecule has 3 rings (SSSR count). The number of hydrogen-bond acceptors (Lipinski definition) is 4. The van der Waals surface area contributed by atoms with Crippen molar-refractivity contribution in [3.63, 3.8) is 0 Å². The van der Waals surface area contributed by atoms with Gasteiger partial charge in [0.05, 0.1) is 25.7 Å². The molecule has 1 aromatic heterocycles. The maximum Gasteiger partial charge on any atom is 0.234 e. The highest BCUT2D eigenvalue weighted by Crippen LogP contribution is 2.31. The maximum atomic E-state index is 12.3. The molecule has 27 heavy (non-hydrogen) atoms. The summed E-state index contributed by atoms with van der Waals surface area (Å²) in [4.78, 5) is 14.6. The maximum absolute atomic E-state index is 12.3. The Morgan fingerprint density at radius 3 is 2.59 bits per heavy atom. The van der Waals surface area contributed by atoms with Crippen LogP contribution < -0.4 is 14.8 Å². The molecule has 1 aliphatic rings. The first-order valence-corrected chi connectivity index (χ1v) is 9.65. The summed E-state index contributed by atoms with van der Waals surface area (Å²) >= 11 is 0. The average Bonchev–Trinajstić information content (AvgIpc) is 3.28. The zero-order chi connectivity index (χ0) is 19.1. The van der Waals surface area contributed by atoms with Gasteiger partial charge in [0.25, 0.3) is 0 Å². The number of amides is 1. The third kappa shape index (κ3) is 5.26. The zero-order valence-electron chi connectivity index (χ0n) is 16.2. The van der Waals surface area contributed by atoms with E-state index in [1.807, 2.05) is 31.2 Å². The van der Waals surface area contributed by atoms with Gasteiger partial charge >= 0.3 is 0 Å². The topological polar surface area (TPSA) is 55.7 Å². The van der Waals surface area contributed by atoms with Crippen LogP contribution in [0.2, 0.25) is 0 Å². The highest BCUT2D eigenvalue weighted by atomic mass is 16.5. The van der Waals surface area contributed by atoms with Crippen molar-refractivity contribution in [3.05, 3.63) is 48.3 Å². The Hall–Kier alpha value is -2.47. The van der Waals surface area contributed by atoms with Crippen molar-refractivity contribution >= 4 is 5.91 Å². The van der Waals surface area contributed by atoms with Crippen LogP contribution in [0.25, 0.3) is 0 Å². The van der Waals surface area contributed by atoms with E-state index in [9.17, 15) is 4.79 Å². The predicted molar refractivity (Wildman–Crippen MR) is 105 cm³/mol. The number of hydrogen-bond donors (Lipinski definition) is 1. The number of aryl methyl sites for hydroxylation is 1. The summed E-state index contributed by atoms with van der Waals surface area (Å²) in [6.07, 6.45) is 4.29. The molecule has 1 atom stereocenters. The Morgan fingerprint density at radius 1 is 1.19 bits per heavy atom. The zero-order valence-corrected chi connectivity index (χ0v) is 16.2. The van der Waals surface area contributed by atoms with Gasteiger partial charge in [-0.25, -0.2) is 0 Å². The van der Waals surface area contributed by atoms with Gasteiger partial charge < -0.3 is 19.4 Å². The van der Waals surface area contributed by atoms with Crippen molar-refractivity contribution in [2.24, 2.45) is 7.05 Å². The predicted octanol–water partition coefficient (Wildman–Crippen LogP) is 2.76. The minimum absolute atomic E-state index is 0.0476. The normalized spacial score (nSPS) is 17.0. The van der Waals surface area contributed by atoms with Crippen molar-refractivity contribution in [1.82, 2.24) is 14.8 Å². The number of likely N-dealkylation sites (tertiary alicyclic amines) is 1. The van der Waals surface area contributed by atoms with Gasteiger partial charge in [-0.15, -0.1) is 0 Å². The molecule has 6 heteroatoms. The van der Waals surface area contributed by atoms with Crippen molar-refractivity contribution in [3.8, 4) is 11.5 Å². The standard InChI is InChI=1S/C21H29N3O3/c1-3-26-17-8-10-18(11-9-17)27-15-12-22-21(25)16-24-14-5-7-20(24)19-6-4-13-23(19)2/h4,6,8-11,13,20H,3,5,7,12,14-16H2,1-2H3,(H,22,25)/t20-/m0/s1. The van der Waals surface area contributed by atoms with Crippen LogP contribution in [0.4, 0.5) is 0 Å². The van der Waals surface area contributed by atoms with Crippen LogP contribution in [0.15, 0.2) is 42.6 Å². The van der Waals surface area contributed by atoms with E-state index in [0.717, 1.165) is 30.9 Å². The first-order chi connectivity index (χ1) is 13.2. The molecule has 0 bridgehead atoms. The summed E-state index contributed by atoms with van der Waals surface area (Å²) in [6, 6.07) is 12.1. The highest BCUT2D eigenvalue weighted by Gasteiger charge is 2.28. The lowest BCUT2D eigenvalue weighted by Crippen LogP contribution is -2.38. The molecule has 1 fully saturated rings. The number of aromatic nitrogens is 1. The molecule has 0 saturated carbocycles. The van der Waals surface area contributed by atoms with E-state index < -0.39 is 0 Å². The van der Waals surface area contributed by atoms with Crippen molar-refractivity contribution in [2.75, 3.05) is 32.8 Å².